The van der Waals surface area contributed by atoms with E-state index in [1.165, 1.54) is 0 Å². The summed E-state index contributed by atoms with van der Waals surface area (Å²) in [5.41, 5.74) is 23.5. The Balaban J connectivity index is 1.20. The molecular weight excluding hydrogens is 622 g/mol. The zero-order chi connectivity index (χ0) is 34.0. The predicted octanol–water partition coefficient (Wildman–Crippen LogP) is 4.79. The van der Waals surface area contributed by atoms with Crippen molar-refractivity contribution in [2.45, 2.75) is 6.54 Å². The minimum atomic E-state index is -0.0838. The molecule has 0 unspecified atom stereocenters. The van der Waals surface area contributed by atoms with Gasteiger partial charge in [-0.05, 0) is 72.3 Å². The average molecular weight is 658 g/mol. The summed E-state index contributed by atoms with van der Waals surface area (Å²) in [5, 5.41) is 28.3. The standard InChI is InChI=1S/C33H35N15O/c34-21-6-2-10-25(16-21)40-31-44-28(37-13-14-49)43-30(47-31)39-24-9-1-5-20(15-24)19-38-29-45-32(41-26-11-3-7-22(35)17-26)48-33(46-29)42-27-12-4-8-23(36)18-27/h1-12,15-18,49H,13-14,19,34-36H2,(H3,37,39,40,43,44,47)(H3,38,41,42,45,46,48). The third-order valence-corrected chi connectivity index (χ3v) is 6.73. The Hall–Kier alpha value is -6.94. The molecular formula is C33H35N15O. The molecule has 0 spiro atoms. The van der Waals surface area contributed by atoms with Gasteiger partial charge in [0.15, 0.2) is 0 Å². The maximum atomic E-state index is 9.30. The minimum Gasteiger partial charge on any atom is -0.399 e. The highest BCUT2D eigenvalue weighted by molar-refractivity contribution is 5.65. The Morgan fingerprint density at radius 3 is 1.22 bits per heavy atom. The zero-order valence-electron chi connectivity index (χ0n) is 26.2. The van der Waals surface area contributed by atoms with Crippen molar-refractivity contribution in [3.63, 3.8) is 0 Å². The molecule has 0 amide bonds. The van der Waals surface area contributed by atoms with E-state index in [1.54, 1.807) is 36.4 Å². The molecule has 49 heavy (non-hydrogen) atoms. The van der Waals surface area contributed by atoms with Crippen LogP contribution in [0.5, 0.6) is 0 Å². The lowest BCUT2D eigenvalue weighted by molar-refractivity contribution is 0.311. The first-order valence-corrected chi connectivity index (χ1v) is 15.2. The van der Waals surface area contributed by atoms with Crippen molar-refractivity contribution in [2.24, 2.45) is 0 Å². The van der Waals surface area contributed by atoms with Crippen LogP contribution >= 0.6 is 0 Å². The fourth-order valence-corrected chi connectivity index (χ4v) is 4.61. The Morgan fingerprint density at radius 1 is 0.449 bits per heavy atom. The minimum absolute atomic E-state index is 0.0838. The van der Waals surface area contributed by atoms with E-state index in [9.17, 15) is 5.11 Å². The van der Waals surface area contributed by atoms with Crippen LogP contribution < -0.4 is 49.1 Å². The lowest BCUT2D eigenvalue weighted by Crippen LogP contribution is -2.12. The molecule has 13 N–H and O–H groups in total. The molecule has 0 aliphatic rings. The van der Waals surface area contributed by atoms with Gasteiger partial charge >= 0.3 is 0 Å². The number of aliphatic hydroxyl groups is 1. The maximum absolute atomic E-state index is 9.30. The normalized spacial score (nSPS) is 10.6. The van der Waals surface area contributed by atoms with Crippen molar-refractivity contribution in [2.75, 3.05) is 62.3 Å². The average Bonchev–Trinajstić information content (AvgIpc) is 3.06. The third-order valence-electron chi connectivity index (χ3n) is 6.73. The van der Waals surface area contributed by atoms with Gasteiger partial charge in [-0.2, -0.15) is 29.9 Å². The summed E-state index contributed by atoms with van der Waals surface area (Å²) in [6, 6.07) is 29.5. The van der Waals surface area contributed by atoms with Crippen LogP contribution in [0.1, 0.15) is 5.56 Å². The Labute approximate surface area is 281 Å². The van der Waals surface area contributed by atoms with Gasteiger partial charge in [0.2, 0.25) is 35.7 Å². The molecule has 0 bridgehead atoms. The van der Waals surface area contributed by atoms with E-state index in [-0.39, 0.29) is 19.1 Å². The molecule has 2 heterocycles. The fourth-order valence-electron chi connectivity index (χ4n) is 4.61. The van der Waals surface area contributed by atoms with Crippen molar-refractivity contribution in [1.29, 1.82) is 0 Å². The van der Waals surface area contributed by atoms with Gasteiger partial charge in [0.05, 0.1) is 6.61 Å². The number of aliphatic hydroxyl groups excluding tert-OH is 1. The van der Waals surface area contributed by atoms with Crippen LogP contribution in [0.4, 0.5) is 75.5 Å². The van der Waals surface area contributed by atoms with E-state index in [0.29, 0.717) is 59.0 Å². The second kappa shape index (κ2) is 15.1. The largest absolute Gasteiger partial charge is 0.399 e. The SMILES string of the molecule is Nc1cccc(Nc2nc(NCCO)nc(Nc3cccc(CNc4nc(Nc5cccc(N)c5)nc(Nc5cccc(N)c5)n4)c3)n2)c1. The quantitative estimate of drug-likeness (QED) is 0.0707. The van der Waals surface area contributed by atoms with Crippen LogP contribution in [0, 0.1) is 0 Å². The van der Waals surface area contributed by atoms with Gasteiger partial charge in [-0.25, -0.2) is 0 Å². The molecule has 6 aromatic rings. The third kappa shape index (κ3) is 9.30. The number of hydrogen-bond acceptors (Lipinski definition) is 16. The van der Waals surface area contributed by atoms with Gasteiger partial charge in [0, 0.05) is 52.9 Å². The van der Waals surface area contributed by atoms with Gasteiger partial charge in [0.1, 0.15) is 0 Å². The maximum Gasteiger partial charge on any atom is 0.233 e. The fraction of sp³-hybridized carbons (Fsp3) is 0.0909. The van der Waals surface area contributed by atoms with Gasteiger partial charge in [0.25, 0.3) is 0 Å². The summed E-state index contributed by atoms with van der Waals surface area (Å²) in [7, 11) is 0. The monoisotopic (exact) mass is 657 g/mol. The molecule has 4 aromatic carbocycles. The van der Waals surface area contributed by atoms with E-state index in [1.807, 2.05) is 60.7 Å². The second-order valence-electron chi connectivity index (χ2n) is 10.7. The van der Waals surface area contributed by atoms with Crippen LogP contribution in [0.15, 0.2) is 97.1 Å². The molecule has 0 atom stereocenters. The highest BCUT2D eigenvalue weighted by Crippen LogP contribution is 2.23. The molecule has 0 aliphatic carbocycles. The van der Waals surface area contributed by atoms with E-state index in [2.05, 4.69) is 61.8 Å². The van der Waals surface area contributed by atoms with Gasteiger partial charge < -0.3 is 54.2 Å². The number of aromatic nitrogens is 6. The molecule has 0 aliphatic heterocycles. The summed E-state index contributed by atoms with van der Waals surface area (Å²) < 4.78 is 0. The van der Waals surface area contributed by atoms with E-state index in [4.69, 9.17) is 17.2 Å². The smallest absolute Gasteiger partial charge is 0.233 e. The number of anilines is 13. The van der Waals surface area contributed by atoms with Gasteiger partial charge in [-0.1, -0.05) is 30.3 Å². The molecule has 6 rings (SSSR count). The number of rotatable bonds is 14. The number of nitrogens with one attached hydrogen (secondary N) is 6. The first kappa shape index (κ1) is 32.0. The second-order valence-corrected chi connectivity index (χ2v) is 10.7. The summed E-state index contributed by atoms with van der Waals surface area (Å²) in [6.07, 6.45) is 0. The Kier molecular flexibility index (Phi) is 9.87. The number of nitrogen functional groups attached to an aromatic ring is 3. The molecule has 248 valence electrons. The molecule has 0 radical (unpaired) electrons. The van der Waals surface area contributed by atoms with Crippen LogP contribution in [0.3, 0.4) is 0 Å². The first-order valence-electron chi connectivity index (χ1n) is 15.2. The summed E-state index contributed by atoms with van der Waals surface area (Å²) in [4.78, 5) is 27.1. The molecule has 2 aromatic heterocycles. The van der Waals surface area contributed by atoms with Crippen molar-refractivity contribution >= 4 is 75.5 Å². The highest BCUT2D eigenvalue weighted by Gasteiger charge is 2.11. The van der Waals surface area contributed by atoms with Crippen molar-refractivity contribution in [3.8, 4) is 0 Å². The Morgan fingerprint density at radius 2 is 0.816 bits per heavy atom. The summed E-state index contributed by atoms with van der Waals surface area (Å²) >= 11 is 0. The van der Waals surface area contributed by atoms with E-state index >= 15 is 0 Å². The molecule has 0 saturated carbocycles. The highest BCUT2D eigenvalue weighted by atomic mass is 16.3. The van der Waals surface area contributed by atoms with Crippen molar-refractivity contribution < 1.29 is 5.11 Å². The van der Waals surface area contributed by atoms with Crippen molar-refractivity contribution in [3.05, 3.63) is 103 Å². The van der Waals surface area contributed by atoms with Crippen LogP contribution in [0.2, 0.25) is 0 Å². The zero-order valence-corrected chi connectivity index (χ0v) is 26.2. The molecule has 0 fully saturated rings. The van der Waals surface area contributed by atoms with Crippen LogP contribution in [0.25, 0.3) is 0 Å². The number of nitrogens with two attached hydrogens (primary N) is 3. The van der Waals surface area contributed by atoms with Crippen LogP contribution in [-0.4, -0.2) is 48.2 Å². The first-order chi connectivity index (χ1) is 23.9. The molecule has 0 saturated heterocycles. The summed E-state index contributed by atoms with van der Waals surface area (Å²) in [6.45, 7) is 0.573. The lowest BCUT2D eigenvalue weighted by Gasteiger charge is -2.13. The lowest BCUT2D eigenvalue weighted by atomic mass is 10.2. The topological polar surface area (TPSA) is 248 Å². The number of benzene rings is 4. The number of hydrogen-bond donors (Lipinski definition) is 10. The molecule has 16 heteroatoms. The molecule has 16 nitrogen and oxygen atoms in total. The van der Waals surface area contributed by atoms with Gasteiger partial charge in [-0.3, -0.25) is 0 Å². The Bertz CT molecular complexity index is 1970. The van der Waals surface area contributed by atoms with E-state index < -0.39 is 0 Å². The number of nitrogens with zero attached hydrogens (tertiary/aromatic N) is 6. The van der Waals surface area contributed by atoms with Crippen molar-refractivity contribution in [1.82, 2.24) is 29.9 Å². The van der Waals surface area contributed by atoms with Crippen LogP contribution in [-0.2, 0) is 6.54 Å². The predicted molar refractivity (Wildman–Crippen MR) is 195 cm³/mol. The summed E-state index contributed by atoms with van der Waals surface area (Å²) in [5.74, 6) is 1.83. The van der Waals surface area contributed by atoms with E-state index in [0.717, 1.165) is 22.6 Å². The van der Waals surface area contributed by atoms with Gasteiger partial charge in [-0.15, -0.1) is 0 Å².